The van der Waals surface area contributed by atoms with Gasteiger partial charge in [-0.3, -0.25) is 4.79 Å². The first-order valence-electron chi connectivity index (χ1n) is 9.14. The maximum absolute atomic E-state index is 12.5. The van der Waals surface area contributed by atoms with Crippen LogP contribution in [0.4, 0.5) is 0 Å². The summed E-state index contributed by atoms with van der Waals surface area (Å²) in [5.74, 6) is 1.23. The number of aliphatic carboxylic acids is 1. The lowest BCUT2D eigenvalue weighted by Crippen LogP contribution is -2.37. The van der Waals surface area contributed by atoms with Crippen molar-refractivity contribution < 1.29 is 24.2 Å². The number of amides is 1. The number of benzene rings is 1. The zero-order valence-corrected chi connectivity index (χ0v) is 14.9. The highest BCUT2D eigenvalue weighted by Crippen LogP contribution is 2.40. The van der Waals surface area contributed by atoms with Crippen molar-refractivity contribution in [2.24, 2.45) is 17.8 Å². The highest BCUT2D eigenvalue weighted by atomic mass is 16.5. The van der Waals surface area contributed by atoms with Crippen molar-refractivity contribution >= 4 is 11.9 Å². The smallest absolute Gasteiger partial charge is 0.341 e. The molecule has 0 saturated heterocycles. The molecule has 1 aromatic carbocycles. The maximum atomic E-state index is 12.5. The van der Waals surface area contributed by atoms with Gasteiger partial charge in [-0.1, -0.05) is 12.2 Å². The average Bonchev–Trinajstić information content (AvgIpc) is 2.66. The van der Waals surface area contributed by atoms with Gasteiger partial charge >= 0.3 is 5.97 Å². The Morgan fingerprint density at radius 2 is 2.04 bits per heavy atom. The number of nitrogens with one attached hydrogen (secondary N) is 1. The van der Waals surface area contributed by atoms with Crippen LogP contribution in [0, 0.1) is 17.8 Å². The Balaban J connectivity index is 1.62. The first-order chi connectivity index (χ1) is 12.6. The quantitative estimate of drug-likeness (QED) is 0.697. The van der Waals surface area contributed by atoms with Gasteiger partial charge in [-0.2, -0.15) is 0 Å². The summed E-state index contributed by atoms with van der Waals surface area (Å²) in [7, 11) is 0. The van der Waals surface area contributed by atoms with Gasteiger partial charge in [0.15, 0.2) is 18.1 Å². The molecule has 0 spiro atoms. The Labute approximate surface area is 153 Å². The van der Waals surface area contributed by atoms with Crippen LogP contribution >= 0.6 is 0 Å². The Hall–Kier alpha value is -2.50. The second kappa shape index (κ2) is 8.25. The fourth-order valence-corrected chi connectivity index (χ4v) is 3.79. The van der Waals surface area contributed by atoms with Crippen LogP contribution in [0.1, 0.15) is 36.5 Å². The summed E-state index contributed by atoms with van der Waals surface area (Å²) in [5, 5.41) is 11.8. The molecule has 3 aliphatic carbocycles. The monoisotopic (exact) mass is 359 g/mol. The van der Waals surface area contributed by atoms with Gasteiger partial charge in [0.05, 0.1) is 6.61 Å². The van der Waals surface area contributed by atoms with Crippen molar-refractivity contribution in [2.45, 2.75) is 26.2 Å². The lowest BCUT2D eigenvalue weighted by atomic mass is 9.69. The number of hydrogen-bond donors (Lipinski definition) is 2. The lowest BCUT2D eigenvalue weighted by Gasteiger charge is -2.38. The summed E-state index contributed by atoms with van der Waals surface area (Å²) in [4.78, 5) is 23.2. The number of carbonyl (C=O) groups is 2. The molecule has 1 amide bonds. The molecule has 6 heteroatoms. The molecule has 26 heavy (non-hydrogen) atoms. The minimum atomic E-state index is -1.06. The van der Waals surface area contributed by atoms with Crippen molar-refractivity contribution in [3.8, 4) is 11.5 Å². The second-order valence-electron chi connectivity index (χ2n) is 6.87. The number of carbonyl (C=O) groups excluding carboxylic acids is 1. The second-order valence-corrected chi connectivity index (χ2v) is 6.87. The number of carboxylic acid groups (broad SMARTS) is 1. The van der Waals surface area contributed by atoms with Crippen molar-refractivity contribution in [1.82, 2.24) is 5.32 Å². The molecule has 6 nitrogen and oxygen atoms in total. The molecule has 3 unspecified atom stereocenters. The molecule has 1 fully saturated rings. The molecule has 1 aromatic rings. The average molecular weight is 359 g/mol. The summed E-state index contributed by atoms with van der Waals surface area (Å²) in [6, 6.07) is 4.80. The van der Waals surface area contributed by atoms with E-state index in [1.807, 2.05) is 6.92 Å². The minimum Gasteiger partial charge on any atom is -0.490 e. The first-order valence-corrected chi connectivity index (χ1v) is 9.14. The van der Waals surface area contributed by atoms with Gasteiger partial charge in [0.25, 0.3) is 5.91 Å². The van der Waals surface area contributed by atoms with E-state index in [9.17, 15) is 9.59 Å². The van der Waals surface area contributed by atoms with E-state index in [2.05, 4.69) is 17.5 Å². The van der Waals surface area contributed by atoms with Gasteiger partial charge in [-0.05, 0) is 62.1 Å². The molecule has 3 atom stereocenters. The summed E-state index contributed by atoms with van der Waals surface area (Å²) in [6.07, 6.45) is 8.24. The lowest BCUT2D eigenvalue weighted by molar-refractivity contribution is -0.139. The molecule has 140 valence electrons. The van der Waals surface area contributed by atoms with Gasteiger partial charge in [0.1, 0.15) is 0 Å². The third kappa shape index (κ3) is 4.36. The van der Waals surface area contributed by atoms with Crippen LogP contribution in [-0.4, -0.2) is 36.7 Å². The van der Waals surface area contributed by atoms with E-state index < -0.39 is 12.6 Å². The van der Waals surface area contributed by atoms with E-state index in [1.54, 1.807) is 18.2 Å². The summed E-state index contributed by atoms with van der Waals surface area (Å²) < 4.78 is 10.7. The molecule has 0 aromatic heterocycles. The van der Waals surface area contributed by atoms with Gasteiger partial charge < -0.3 is 19.9 Å². The van der Waals surface area contributed by atoms with Crippen LogP contribution in [0.25, 0.3) is 0 Å². The van der Waals surface area contributed by atoms with Crippen LogP contribution in [0.15, 0.2) is 30.4 Å². The molecule has 2 bridgehead atoms. The number of carboxylic acids is 1. The fraction of sp³-hybridized carbons (Fsp3) is 0.500. The van der Waals surface area contributed by atoms with Gasteiger partial charge in [0.2, 0.25) is 0 Å². The molecule has 0 aliphatic heterocycles. The molecular formula is C20H25NO5. The van der Waals surface area contributed by atoms with Crippen molar-refractivity contribution in [2.75, 3.05) is 19.8 Å². The van der Waals surface area contributed by atoms with Crippen LogP contribution in [0.5, 0.6) is 11.5 Å². The number of fused-ring (bicyclic) bond motifs is 2. The number of allylic oxidation sites excluding steroid dienone is 2. The zero-order valence-electron chi connectivity index (χ0n) is 14.9. The van der Waals surface area contributed by atoms with Crippen LogP contribution < -0.4 is 14.8 Å². The van der Waals surface area contributed by atoms with Crippen molar-refractivity contribution in [3.05, 3.63) is 35.9 Å². The van der Waals surface area contributed by atoms with E-state index in [4.69, 9.17) is 14.6 Å². The van der Waals surface area contributed by atoms with E-state index in [0.717, 1.165) is 6.42 Å². The predicted molar refractivity (Wildman–Crippen MR) is 96.5 cm³/mol. The molecule has 0 radical (unpaired) electrons. The predicted octanol–water partition coefficient (Wildman–Crippen LogP) is 2.88. The minimum absolute atomic E-state index is 0.152. The van der Waals surface area contributed by atoms with Gasteiger partial charge in [-0.15, -0.1) is 0 Å². The third-order valence-corrected chi connectivity index (χ3v) is 5.09. The molecular weight excluding hydrogens is 334 g/mol. The van der Waals surface area contributed by atoms with Crippen LogP contribution in [0.3, 0.4) is 0 Å². The Kier molecular flexibility index (Phi) is 5.81. The third-order valence-electron chi connectivity index (χ3n) is 5.09. The van der Waals surface area contributed by atoms with Crippen LogP contribution in [-0.2, 0) is 4.79 Å². The van der Waals surface area contributed by atoms with Crippen LogP contribution in [0.2, 0.25) is 0 Å². The Morgan fingerprint density at radius 1 is 1.19 bits per heavy atom. The van der Waals surface area contributed by atoms with E-state index in [-0.39, 0.29) is 5.91 Å². The zero-order chi connectivity index (χ0) is 18.5. The number of hydrogen-bond acceptors (Lipinski definition) is 4. The Bertz CT molecular complexity index is 699. The fourth-order valence-electron chi connectivity index (χ4n) is 3.79. The molecule has 3 aliphatic rings. The SMILES string of the molecule is CCOc1cc(C(=O)NCC2CC3C=CC2CC3)ccc1OCC(=O)O. The maximum Gasteiger partial charge on any atom is 0.341 e. The molecule has 1 saturated carbocycles. The Morgan fingerprint density at radius 3 is 2.65 bits per heavy atom. The summed E-state index contributed by atoms with van der Waals surface area (Å²) in [5.41, 5.74) is 0.479. The molecule has 4 rings (SSSR count). The topological polar surface area (TPSA) is 84.9 Å². The van der Waals surface area contributed by atoms with Crippen molar-refractivity contribution in [3.63, 3.8) is 0 Å². The van der Waals surface area contributed by atoms with Gasteiger partial charge in [0, 0.05) is 12.1 Å². The number of rotatable bonds is 8. The van der Waals surface area contributed by atoms with E-state index >= 15 is 0 Å². The molecule has 0 heterocycles. The summed E-state index contributed by atoms with van der Waals surface area (Å²) >= 11 is 0. The highest BCUT2D eigenvalue weighted by molar-refractivity contribution is 5.94. The van der Waals surface area contributed by atoms with Gasteiger partial charge in [-0.25, -0.2) is 4.79 Å². The van der Waals surface area contributed by atoms with E-state index in [0.29, 0.717) is 48.0 Å². The summed E-state index contributed by atoms with van der Waals surface area (Å²) in [6.45, 7) is 2.43. The standard InChI is InChI=1S/C20H25NO5/c1-2-25-18-10-15(7-8-17(18)26-12-19(22)23)20(24)21-11-16-9-13-3-5-14(16)6-4-13/h3,5,7-8,10,13-14,16H,2,4,6,9,11-12H2,1H3,(H,21,24)(H,22,23). The highest BCUT2D eigenvalue weighted by Gasteiger charge is 2.31. The largest absolute Gasteiger partial charge is 0.490 e. The molecule has 2 N–H and O–H groups in total. The first kappa shape index (κ1) is 18.3. The number of ether oxygens (including phenoxy) is 2. The normalized spacial score (nSPS) is 23.5. The van der Waals surface area contributed by atoms with Crippen molar-refractivity contribution in [1.29, 1.82) is 0 Å². The van der Waals surface area contributed by atoms with E-state index in [1.165, 1.54) is 12.8 Å².